The van der Waals surface area contributed by atoms with Gasteiger partial charge in [0.1, 0.15) is 0 Å². The number of anilines is 1. The van der Waals surface area contributed by atoms with E-state index in [1.54, 1.807) is 42.7 Å². The van der Waals surface area contributed by atoms with Gasteiger partial charge in [0.05, 0.1) is 16.3 Å². The number of hydrogen-bond donors (Lipinski definition) is 0. The average molecular weight is 533 g/mol. The van der Waals surface area contributed by atoms with Crippen LogP contribution in [0.5, 0.6) is 0 Å². The molecule has 0 bridgehead atoms. The van der Waals surface area contributed by atoms with E-state index >= 15 is 0 Å². The summed E-state index contributed by atoms with van der Waals surface area (Å²) in [4.78, 5) is 19.9. The van der Waals surface area contributed by atoms with Crippen molar-refractivity contribution in [3.63, 3.8) is 0 Å². The number of benzene rings is 3. The Labute approximate surface area is 223 Å². The molecule has 1 heterocycles. The van der Waals surface area contributed by atoms with Crippen LogP contribution in [-0.4, -0.2) is 31.8 Å². The quantitative estimate of drug-likeness (QED) is 0.277. The third-order valence-corrected chi connectivity index (χ3v) is 9.58. The molecule has 3 unspecified atom stereocenters. The predicted molar refractivity (Wildman–Crippen MR) is 155 cm³/mol. The molecule has 4 rings (SSSR count). The van der Waals surface area contributed by atoms with Gasteiger partial charge in [0.25, 0.3) is 0 Å². The number of hydrogen-bond acceptors (Lipinski definition) is 4. The smallest absolute Gasteiger partial charge is 0.224 e. The second-order valence-corrected chi connectivity index (χ2v) is 13.0. The van der Waals surface area contributed by atoms with Gasteiger partial charge in [-0.15, -0.1) is 0 Å². The zero-order chi connectivity index (χ0) is 26.9. The Balaban J connectivity index is 1.81. The highest BCUT2D eigenvalue weighted by atomic mass is 32.2. The minimum atomic E-state index is -1.08. The molecule has 0 radical (unpaired) electrons. The molecule has 0 aliphatic carbocycles. The Morgan fingerprint density at radius 2 is 1.65 bits per heavy atom. The van der Waals surface area contributed by atoms with Gasteiger partial charge in [-0.2, -0.15) is 0 Å². The van der Waals surface area contributed by atoms with Crippen molar-refractivity contribution in [3.05, 3.63) is 90.1 Å². The van der Waals surface area contributed by atoms with E-state index in [9.17, 15) is 13.2 Å². The van der Waals surface area contributed by atoms with Gasteiger partial charge >= 0.3 is 0 Å². The van der Waals surface area contributed by atoms with Crippen molar-refractivity contribution in [3.8, 4) is 11.1 Å². The minimum Gasteiger partial charge on any atom is -0.305 e. The molecule has 3 aromatic carbocycles. The topological polar surface area (TPSA) is 67.3 Å². The highest BCUT2D eigenvalue weighted by Gasteiger charge is 2.27. The molecule has 0 aliphatic heterocycles. The summed E-state index contributed by atoms with van der Waals surface area (Å²) in [6.07, 6.45) is 5.15. The Kier molecular flexibility index (Phi) is 7.76. The maximum Gasteiger partial charge on any atom is 0.224 e. The molecule has 0 saturated heterocycles. The third-order valence-electron chi connectivity index (χ3n) is 6.97. The second-order valence-electron chi connectivity index (χ2n) is 9.70. The number of aromatic nitrogens is 1. The van der Waals surface area contributed by atoms with E-state index in [4.69, 9.17) is 0 Å². The first kappa shape index (κ1) is 26.9. The molecule has 0 saturated carbocycles. The van der Waals surface area contributed by atoms with Crippen LogP contribution in [0.25, 0.3) is 22.0 Å². The van der Waals surface area contributed by atoms with E-state index in [-0.39, 0.29) is 11.9 Å². The largest absolute Gasteiger partial charge is 0.305 e. The third kappa shape index (κ3) is 5.43. The van der Waals surface area contributed by atoms with Crippen molar-refractivity contribution in [2.75, 3.05) is 17.4 Å². The van der Waals surface area contributed by atoms with Crippen LogP contribution in [0, 0.1) is 0 Å². The number of rotatable bonds is 7. The lowest BCUT2D eigenvalue weighted by molar-refractivity contribution is -0.117. The molecule has 37 heavy (non-hydrogen) atoms. The molecule has 0 fully saturated rings. The maximum atomic E-state index is 12.8. The summed E-state index contributed by atoms with van der Waals surface area (Å²) < 4.78 is 23.9. The van der Waals surface area contributed by atoms with Gasteiger partial charge in [0.15, 0.2) is 0 Å². The van der Waals surface area contributed by atoms with Gasteiger partial charge in [-0.25, -0.2) is 0 Å². The maximum absolute atomic E-state index is 12.8. The molecular formula is C30H32N2O3S2. The number of pyridine rings is 1. The van der Waals surface area contributed by atoms with Crippen molar-refractivity contribution in [2.45, 2.75) is 43.4 Å². The van der Waals surface area contributed by atoms with Crippen LogP contribution in [-0.2, 0) is 31.1 Å². The van der Waals surface area contributed by atoms with Crippen molar-refractivity contribution in [1.82, 2.24) is 4.98 Å². The number of fused-ring (bicyclic) bond motifs is 1. The van der Waals surface area contributed by atoms with Gasteiger partial charge in [0.2, 0.25) is 5.91 Å². The normalized spacial score (nSPS) is 14.2. The molecule has 0 spiro atoms. The summed E-state index contributed by atoms with van der Waals surface area (Å²) >= 11 is 0. The fourth-order valence-corrected chi connectivity index (χ4v) is 5.49. The molecule has 3 atom stereocenters. The first-order valence-electron chi connectivity index (χ1n) is 12.1. The highest BCUT2D eigenvalue weighted by Crippen LogP contribution is 2.37. The number of carbonyl (C=O) groups excluding carboxylic acids is 1. The zero-order valence-corrected chi connectivity index (χ0v) is 23.7. The fourth-order valence-electron chi connectivity index (χ4n) is 4.52. The average Bonchev–Trinajstić information content (AvgIpc) is 2.88. The minimum absolute atomic E-state index is 0.0791. The molecular weight excluding hydrogens is 500 g/mol. The fraction of sp³-hybridized carbons (Fsp3) is 0.267. The van der Waals surface area contributed by atoms with Crippen LogP contribution in [0.4, 0.5) is 5.69 Å². The highest BCUT2D eigenvalue weighted by molar-refractivity contribution is 7.85. The van der Waals surface area contributed by atoms with Gasteiger partial charge in [-0.1, -0.05) is 24.3 Å². The van der Waals surface area contributed by atoms with Crippen LogP contribution in [0.3, 0.4) is 0 Å². The predicted octanol–water partition coefficient (Wildman–Crippen LogP) is 6.37. The molecule has 0 aliphatic rings. The molecule has 0 N–H and O–H groups in total. The zero-order valence-electron chi connectivity index (χ0n) is 22.0. The van der Waals surface area contributed by atoms with E-state index in [0.717, 1.165) is 43.7 Å². The lowest BCUT2D eigenvalue weighted by Gasteiger charge is -2.29. The first-order chi connectivity index (χ1) is 17.5. The number of carbonyl (C=O) groups is 1. The van der Waals surface area contributed by atoms with E-state index in [0.29, 0.717) is 0 Å². The Hall–Kier alpha value is -3.16. The number of amides is 1. The molecule has 4 aromatic rings. The molecule has 192 valence electrons. The Morgan fingerprint density at radius 1 is 0.946 bits per heavy atom. The van der Waals surface area contributed by atoms with Gasteiger partial charge in [-0.3, -0.25) is 18.2 Å². The van der Waals surface area contributed by atoms with Crippen LogP contribution < -0.4 is 4.90 Å². The monoisotopic (exact) mass is 532 g/mol. The number of nitrogens with zero attached hydrogens (tertiary/aromatic N) is 2. The van der Waals surface area contributed by atoms with E-state index < -0.39 is 26.3 Å². The van der Waals surface area contributed by atoms with Crippen molar-refractivity contribution >= 4 is 44.1 Å². The molecule has 7 heteroatoms. The van der Waals surface area contributed by atoms with Crippen LogP contribution in [0.2, 0.25) is 0 Å². The standard InChI is InChI=1S/C30H32N2O3S2/c1-20(32(21(2)33)26-12-14-27(15-13-26)36(5)34)22-9-7-10-23(17-22)28-19-25(30(3,4)37(6)35)18-24-11-8-16-31-29(24)28/h7-20H,1-6H3. The van der Waals surface area contributed by atoms with Gasteiger partial charge in [-0.05, 0) is 86.0 Å². The van der Waals surface area contributed by atoms with Crippen molar-refractivity contribution < 1.29 is 13.2 Å². The van der Waals surface area contributed by atoms with E-state index in [1.807, 2.05) is 63.2 Å². The summed E-state index contributed by atoms with van der Waals surface area (Å²) in [5.41, 5.74) is 5.53. The summed E-state index contributed by atoms with van der Waals surface area (Å²) in [6, 6.07) is 23.3. The summed E-state index contributed by atoms with van der Waals surface area (Å²) in [5, 5.41) is 0.991. The van der Waals surface area contributed by atoms with Crippen LogP contribution in [0.1, 0.15) is 44.9 Å². The molecule has 1 amide bonds. The summed E-state index contributed by atoms with van der Waals surface area (Å²) in [7, 11) is -2.15. The lowest BCUT2D eigenvalue weighted by Crippen LogP contribution is -2.31. The Morgan fingerprint density at radius 3 is 2.27 bits per heavy atom. The van der Waals surface area contributed by atoms with Crippen molar-refractivity contribution in [1.29, 1.82) is 0 Å². The summed E-state index contributed by atoms with van der Waals surface area (Å²) in [5.74, 6) is -0.0791. The Bertz CT molecular complexity index is 1510. The molecule has 5 nitrogen and oxygen atoms in total. The summed E-state index contributed by atoms with van der Waals surface area (Å²) in [6.45, 7) is 7.54. The van der Waals surface area contributed by atoms with Crippen LogP contribution >= 0.6 is 0 Å². The first-order valence-corrected chi connectivity index (χ1v) is 15.2. The lowest BCUT2D eigenvalue weighted by atomic mass is 9.92. The van der Waals surface area contributed by atoms with Gasteiger partial charge in [0, 0.05) is 68.8 Å². The van der Waals surface area contributed by atoms with Crippen LogP contribution in [0.15, 0.2) is 83.9 Å². The van der Waals surface area contributed by atoms with E-state index in [1.165, 1.54) is 0 Å². The SMILES string of the molecule is CC(=O)N(c1ccc(S(C)=O)cc1)C(C)c1cccc(-c2cc(C(C)(C)S(C)=O)cc3cccnc23)c1. The van der Waals surface area contributed by atoms with Gasteiger partial charge < -0.3 is 4.90 Å². The second kappa shape index (κ2) is 10.7. The van der Waals surface area contributed by atoms with Crippen molar-refractivity contribution in [2.24, 2.45) is 0 Å². The molecule has 1 aromatic heterocycles. The van der Waals surface area contributed by atoms with E-state index in [2.05, 4.69) is 23.2 Å².